The summed E-state index contributed by atoms with van der Waals surface area (Å²) in [7, 11) is 1.53. The third-order valence-electron chi connectivity index (χ3n) is 4.76. The molecule has 2 amide bonds. The van der Waals surface area contributed by atoms with Gasteiger partial charge in [-0.05, 0) is 48.7 Å². The minimum absolute atomic E-state index is 0.176. The van der Waals surface area contributed by atoms with E-state index in [0.29, 0.717) is 28.5 Å². The number of carbonyl (C=O) groups is 2. The Morgan fingerprint density at radius 2 is 1.77 bits per heavy atom. The van der Waals surface area contributed by atoms with Gasteiger partial charge in [-0.2, -0.15) is 0 Å². The first-order valence-electron chi connectivity index (χ1n) is 9.82. The molecule has 0 radical (unpaired) electrons. The van der Waals surface area contributed by atoms with Crippen LogP contribution in [0.4, 0.5) is 5.69 Å². The summed E-state index contributed by atoms with van der Waals surface area (Å²) >= 11 is 6.13. The number of rotatable bonds is 9. The fraction of sp³-hybridized carbons (Fsp3) is 0.304. The Balaban J connectivity index is 2.00. The highest BCUT2D eigenvalue weighted by Gasteiger charge is 2.39. The van der Waals surface area contributed by atoms with Crippen LogP contribution in [0.3, 0.4) is 0 Å². The van der Waals surface area contributed by atoms with Crippen molar-refractivity contribution in [3.63, 3.8) is 0 Å². The number of hydrogen-bond donors (Lipinski definition) is 1. The molecular formula is C23H25ClN2O4. The predicted molar refractivity (Wildman–Crippen MR) is 118 cm³/mol. The van der Waals surface area contributed by atoms with Crippen molar-refractivity contribution in [1.29, 1.82) is 0 Å². The van der Waals surface area contributed by atoms with Crippen LogP contribution >= 0.6 is 11.6 Å². The molecule has 0 atom stereocenters. The van der Waals surface area contributed by atoms with Gasteiger partial charge in [0.1, 0.15) is 11.4 Å². The SMILES string of the molecule is CCCOc1ccc(C2=C(Nc3cc(Cl)ccc3C)C(=O)N(CCOC)C2=O)cc1. The number of halogens is 1. The van der Waals surface area contributed by atoms with Crippen molar-refractivity contribution in [3.05, 3.63) is 64.3 Å². The van der Waals surface area contributed by atoms with E-state index in [-0.39, 0.29) is 24.8 Å². The number of anilines is 1. The third-order valence-corrected chi connectivity index (χ3v) is 5.00. The Labute approximate surface area is 181 Å². The van der Waals surface area contributed by atoms with E-state index in [1.54, 1.807) is 36.4 Å². The largest absolute Gasteiger partial charge is 0.494 e. The maximum absolute atomic E-state index is 13.1. The van der Waals surface area contributed by atoms with E-state index in [1.807, 2.05) is 19.9 Å². The number of aryl methyl sites for hydroxylation is 1. The molecule has 1 N–H and O–H groups in total. The predicted octanol–water partition coefficient (Wildman–Crippen LogP) is 4.28. The molecule has 6 nitrogen and oxygen atoms in total. The molecule has 30 heavy (non-hydrogen) atoms. The molecule has 1 aliphatic rings. The Kier molecular flexibility index (Phi) is 7.13. The first-order chi connectivity index (χ1) is 14.5. The smallest absolute Gasteiger partial charge is 0.278 e. The molecule has 0 saturated carbocycles. The average Bonchev–Trinajstić information content (AvgIpc) is 2.97. The summed E-state index contributed by atoms with van der Waals surface area (Å²) in [5.74, 6) is -0.0337. The zero-order valence-corrected chi connectivity index (χ0v) is 18.1. The summed E-state index contributed by atoms with van der Waals surface area (Å²) in [5.41, 5.74) is 2.76. The maximum Gasteiger partial charge on any atom is 0.278 e. The van der Waals surface area contributed by atoms with Gasteiger partial charge in [0.2, 0.25) is 0 Å². The summed E-state index contributed by atoms with van der Waals surface area (Å²) in [4.78, 5) is 27.4. The molecule has 0 saturated heterocycles. The van der Waals surface area contributed by atoms with Gasteiger partial charge in [0, 0.05) is 17.8 Å². The molecule has 0 fully saturated rings. The van der Waals surface area contributed by atoms with E-state index in [0.717, 1.165) is 17.7 Å². The van der Waals surface area contributed by atoms with E-state index in [4.69, 9.17) is 21.1 Å². The van der Waals surface area contributed by atoms with Crippen molar-refractivity contribution in [1.82, 2.24) is 4.90 Å². The Hall–Kier alpha value is -2.83. The van der Waals surface area contributed by atoms with E-state index < -0.39 is 5.91 Å². The van der Waals surface area contributed by atoms with E-state index in [9.17, 15) is 9.59 Å². The zero-order valence-electron chi connectivity index (χ0n) is 17.3. The molecule has 2 aromatic carbocycles. The highest BCUT2D eigenvalue weighted by Crippen LogP contribution is 2.32. The summed E-state index contributed by atoms with van der Waals surface area (Å²) in [5, 5.41) is 3.68. The highest BCUT2D eigenvalue weighted by molar-refractivity contribution is 6.36. The summed E-state index contributed by atoms with van der Waals surface area (Å²) < 4.78 is 10.7. The standard InChI is InChI=1S/C23H25ClN2O4/c1-4-12-30-18-9-6-16(7-10-18)20-21(23(28)26(22(20)27)11-13-29-3)25-19-14-17(24)8-5-15(19)2/h5-10,14,25H,4,11-13H2,1-3H3. The van der Waals surface area contributed by atoms with E-state index >= 15 is 0 Å². The van der Waals surface area contributed by atoms with Gasteiger partial charge >= 0.3 is 0 Å². The number of amides is 2. The second kappa shape index (κ2) is 9.78. The first-order valence-corrected chi connectivity index (χ1v) is 10.2. The van der Waals surface area contributed by atoms with Crippen LogP contribution in [-0.2, 0) is 14.3 Å². The highest BCUT2D eigenvalue weighted by atomic mass is 35.5. The fourth-order valence-electron chi connectivity index (χ4n) is 3.15. The quantitative estimate of drug-likeness (QED) is 0.604. The van der Waals surface area contributed by atoms with Crippen LogP contribution in [0.5, 0.6) is 5.75 Å². The minimum atomic E-state index is -0.391. The third kappa shape index (κ3) is 4.66. The van der Waals surface area contributed by atoms with Gasteiger partial charge in [0.15, 0.2) is 0 Å². The van der Waals surface area contributed by atoms with Gasteiger partial charge in [0.25, 0.3) is 11.8 Å². The van der Waals surface area contributed by atoms with Crippen molar-refractivity contribution in [2.75, 3.05) is 32.2 Å². The van der Waals surface area contributed by atoms with E-state index in [1.165, 1.54) is 12.0 Å². The van der Waals surface area contributed by atoms with Crippen molar-refractivity contribution < 1.29 is 19.1 Å². The van der Waals surface area contributed by atoms with Crippen LogP contribution in [-0.4, -0.2) is 43.6 Å². The topological polar surface area (TPSA) is 67.9 Å². The van der Waals surface area contributed by atoms with Gasteiger partial charge in [0.05, 0.1) is 25.3 Å². The van der Waals surface area contributed by atoms with Gasteiger partial charge < -0.3 is 14.8 Å². The summed E-state index contributed by atoms with van der Waals surface area (Å²) in [6.07, 6.45) is 0.904. The molecule has 158 valence electrons. The van der Waals surface area contributed by atoms with Crippen molar-refractivity contribution in [2.24, 2.45) is 0 Å². The van der Waals surface area contributed by atoms with Gasteiger partial charge in [-0.15, -0.1) is 0 Å². The lowest BCUT2D eigenvalue weighted by Gasteiger charge is -2.15. The van der Waals surface area contributed by atoms with Crippen molar-refractivity contribution in [3.8, 4) is 5.75 Å². The molecule has 7 heteroatoms. The summed E-state index contributed by atoms with van der Waals surface area (Å²) in [6, 6.07) is 12.5. The van der Waals surface area contributed by atoms with Crippen molar-refractivity contribution in [2.45, 2.75) is 20.3 Å². The molecule has 0 bridgehead atoms. The van der Waals surface area contributed by atoms with Gasteiger partial charge in [-0.1, -0.05) is 36.7 Å². The molecule has 3 rings (SSSR count). The Bertz CT molecular complexity index is 970. The number of methoxy groups -OCH3 is 1. The Morgan fingerprint density at radius 1 is 1.03 bits per heavy atom. The van der Waals surface area contributed by atoms with Gasteiger partial charge in [-0.3, -0.25) is 14.5 Å². The molecule has 0 aromatic heterocycles. The van der Waals surface area contributed by atoms with Crippen LogP contribution in [0.1, 0.15) is 24.5 Å². The van der Waals surface area contributed by atoms with Crippen LogP contribution in [0, 0.1) is 6.92 Å². The van der Waals surface area contributed by atoms with Crippen LogP contribution in [0.25, 0.3) is 5.57 Å². The number of hydrogen-bond acceptors (Lipinski definition) is 5. The molecule has 0 aliphatic carbocycles. The monoisotopic (exact) mass is 428 g/mol. The Morgan fingerprint density at radius 3 is 2.43 bits per heavy atom. The molecule has 2 aromatic rings. The number of imide groups is 1. The first kappa shape index (κ1) is 21.9. The van der Waals surface area contributed by atoms with Crippen LogP contribution in [0.15, 0.2) is 48.2 Å². The number of benzene rings is 2. The second-order valence-electron chi connectivity index (χ2n) is 6.96. The van der Waals surface area contributed by atoms with Crippen LogP contribution in [0.2, 0.25) is 5.02 Å². The second-order valence-corrected chi connectivity index (χ2v) is 7.40. The average molecular weight is 429 g/mol. The maximum atomic E-state index is 13.1. The lowest BCUT2D eigenvalue weighted by Crippen LogP contribution is -2.35. The van der Waals surface area contributed by atoms with Crippen LogP contribution < -0.4 is 10.1 Å². The molecule has 0 spiro atoms. The number of nitrogens with one attached hydrogen (secondary N) is 1. The fourth-order valence-corrected chi connectivity index (χ4v) is 3.32. The lowest BCUT2D eigenvalue weighted by molar-refractivity contribution is -0.137. The number of ether oxygens (including phenoxy) is 2. The molecule has 1 heterocycles. The molecule has 0 unspecified atom stereocenters. The summed E-state index contributed by atoms with van der Waals surface area (Å²) in [6.45, 7) is 4.99. The van der Waals surface area contributed by atoms with Gasteiger partial charge in [-0.25, -0.2) is 0 Å². The minimum Gasteiger partial charge on any atom is -0.494 e. The molecular weight excluding hydrogens is 404 g/mol. The number of nitrogens with zero attached hydrogens (tertiary/aromatic N) is 1. The normalized spacial score (nSPS) is 13.9. The van der Waals surface area contributed by atoms with E-state index in [2.05, 4.69) is 5.32 Å². The number of carbonyl (C=O) groups excluding carboxylic acids is 2. The van der Waals surface area contributed by atoms with Crippen molar-refractivity contribution >= 4 is 34.7 Å². The zero-order chi connectivity index (χ0) is 21.7. The lowest BCUT2D eigenvalue weighted by atomic mass is 10.0. The molecule has 1 aliphatic heterocycles.